The summed E-state index contributed by atoms with van der Waals surface area (Å²) in [5.41, 5.74) is -0.332. The summed E-state index contributed by atoms with van der Waals surface area (Å²) in [6.45, 7) is 13.9. The van der Waals surface area contributed by atoms with Crippen molar-refractivity contribution in [3.8, 4) is 11.5 Å². The number of unbranched alkanes of at least 4 members (excludes halogenated alkanes) is 4. The molecule has 0 aliphatic carbocycles. The third-order valence-corrected chi connectivity index (χ3v) is 11.5. The van der Waals surface area contributed by atoms with Gasteiger partial charge in [-0.3, -0.25) is 0 Å². The van der Waals surface area contributed by atoms with Gasteiger partial charge in [-0.25, -0.2) is 4.79 Å². The predicted octanol–water partition coefficient (Wildman–Crippen LogP) is 7.44. The van der Waals surface area contributed by atoms with Crippen molar-refractivity contribution in [2.24, 2.45) is 0 Å². The minimum Gasteiger partial charge on any atom is -0.541 e. The van der Waals surface area contributed by atoms with Gasteiger partial charge >= 0.3 is 5.97 Å². The smallest absolute Gasteiger partial charge is 0.336 e. The largest absolute Gasteiger partial charge is 0.541 e. The number of benzene rings is 1. The van der Waals surface area contributed by atoms with Crippen LogP contribution in [0.1, 0.15) is 120 Å². The normalized spacial score (nSPS) is 13.3. The molecule has 0 fully saturated rings. The second-order valence-corrected chi connectivity index (χ2v) is 15.8. The van der Waals surface area contributed by atoms with E-state index in [2.05, 4.69) is 0 Å². The Balaban J connectivity index is 4.22. The Bertz CT molecular complexity index is 994. The quantitative estimate of drug-likeness (QED) is 0.0810. The van der Waals surface area contributed by atoms with Crippen molar-refractivity contribution < 1.29 is 38.9 Å². The molecule has 2 atom stereocenters. The van der Waals surface area contributed by atoms with Crippen LogP contribution in [-0.2, 0) is 9.68 Å². The molecule has 12 nitrogen and oxygen atoms in total. The maximum Gasteiger partial charge on any atom is 0.336 e. The Hall–Kier alpha value is -3.09. The van der Waals surface area contributed by atoms with Crippen LogP contribution < -0.4 is 9.16 Å². The van der Waals surface area contributed by atoms with Crippen molar-refractivity contribution >= 4 is 14.3 Å². The van der Waals surface area contributed by atoms with Gasteiger partial charge in [-0.05, 0) is 37.0 Å². The van der Waals surface area contributed by atoms with E-state index < -0.39 is 36.7 Å². The molecule has 1 N–H and O–H groups in total. The van der Waals surface area contributed by atoms with E-state index in [1.54, 1.807) is 0 Å². The van der Waals surface area contributed by atoms with Gasteiger partial charge in [-0.2, -0.15) is 0 Å². The molecule has 0 amide bonds. The fourth-order valence-corrected chi connectivity index (χ4v) is 5.08. The zero-order valence-corrected chi connectivity index (χ0v) is 25.4. The predicted molar refractivity (Wildman–Crippen MR) is 148 cm³/mol. The first-order valence-electron chi connectivity index (χ1n) is 13.4. The molecule has 2 unspecified atom stereocenters. The summed E-state index contributed by atoms with van der Waals surface area (Å²) < 4.78 is 12.2. The molecule has 0 saturated heterocycles. The van der Waals surface area contributed by atoms with Gasteiger partial charge in [0.1, 0.15) is 12.2 Å². The lowest BCUT2D eigenvalue weighted by Crippen LogP contribution is -2.44. The van der Waals surface area contributed by atoms with Crippen LogP contribution in [0.25, 0.3) is 0 Å². The number of carbonyl (C=O) groups is 1. The van der Waals surface area contributed by atoms with E-state index in [-0.39, 0.29) is 46.1 Å². The summed E-state index contributed by atoms with van der Waals surface area (Å²) in [5, 5.41) is 31.3. The van der Waals surface area contributed by atoms with Crippen LogP contribution in [0, 0.1) is 20.2 Å². The summed E-state index contributed by atoms with van der Waals surface area (Å²) in [6.07, 6.45) is 1.85. The molecule has 0 heterocycles. The molecule has 1 aromatic carbocycles. The van der Waals surface area contributed by atoms with Crippen molar-refractivity contribution in [3.05, 3.63) is 43.0 Å². The number of ether oxygens (including phenoxy) is 1. The number of carboxylic acid groups (broad SMARTS) is 1. The number of nitrogens with zero attached hydrogens (tertiary/aromatic N) is 2. The maximum absolute atomic E-state index is 12.5. The highest BCUT2D eigenvalue weighted by molar-refractivity contribution is 6.74. The Kier molecular flexibility index (Phi) is 13.0. The Morgan fingerprint density at radius 3 is 1.77 bits per heavy atom. The molecule has 0 radical (unpaired) electrons. The minimum absolute atomic E-state index is 0.0488. The lowest BCUT2D eigenvalue weighted by atomic mass is 9.87. The fraction of sp³-hybridized carbons (Fsp3) is 0.731. The zero-order chi connectivity index (χ0) is 30.0. The average molecular weight is 573 g/mol. The van der Waals surface area contributed by atoms with E-state index in [0.717, 1.165) is 25.7 Å². The minimum atomic E-state index is -2.64. The van der Waals surface area contributed by atoms with Crippen LogP contribution in [0.15, 0.2) is 6.07 Å². The summed E-state index contributed by atoms with van der Waals surface area (Å²) in [7, 11) is -1.30. The van der Waals surface area contributed by atoms with E-state index in [0.29, 0.717) is 12.8 Å². The summed E-state index contributed by atoms with van der Waals surface area (Å²) in [5.74, 6) is -1.24. The first kappa shape index (κ1) is 33.9. The fourth-order valence-electron chi connectivity index (χ4n) is 4.05. The molecule has 1 rings (SSSR count). The monoisotopic (exact) mass is 572 g/mol. The van der Waals surface area contributed by atoms with Gasteiger partial charge in [-0.1, -0.05) is 73.1 Å². The first-order chi connectivity index (χ1) is 18.1. The molecule has 0 saturated carbocycles. The Labute approximate surface area is 231 Å². The van der Waals surface area contributed by atoms with Crippen molar-refractivity contribution in [3.63, 3.8) is 0 Å². The van der Waals surface area contributed by atoms with Gasteiger partial charge in [0.15, 0.2) is 11.5 Å². The van der Waals surface area contributed by atoms with E-state index in [1.165, 1.54) is 13.2 Å². The van der Waals surface area contributed by atoms with E-state index >= 15 is 0 Å². The highest BCUT2D eigenvalue weighted by Gasteiger charge is 2.42. The highest BCUT2D eigenvalue weighted by Crippen LogP contribution is 2.49. The van der Waals surface area contributed by atoms with Crippen LogP contribution in [0.3, 0.4) is 0 Å². The number of hydrogen-bond donors (Lipinski definition) is 1. The lowest BCUT2D eigenvalue weighted by Gasteiger charge is -2.39. The van der Waals surface area contributed by atoms with Gasteiger partial charge in [0.25, 0.3) is 18.5 Å². The zero-order valence-electron chi connectivity index (χ0n) is 24.4. The van der Waals surface area contributed by atoms with E-state index in [9.17, 15) is 30.1 Å². The molecule has 0 bridgehead atoms. The molecule has 0 aliphatic rings. The molecule has 0 spiro atoms. The standard InChI is InChI=1S/C26H44N2O10Si/c1-9-11-13-15-19(36-27(31)32)22-18(25(29)30)17-21(35-6)24(38-39(7,8)26(3,4)5)23(22)20(37-28(33)34)16-14-12-10-2/h17,19-20H,9-16H2,1-8H3,(H,29,30). The van der Waals surface area contributed by atoms with Crippen LogP contribution in [0.4, 0.5) is 0 Å². The highest BCUT2D eigenvalue weighted by atomic mass is 28.4. The molecule has 0 aliphatic heterocycles. The third kappa shape index (κ3) is 9.55. The van der Waals surface area contributed by atoms with Crippen molar-refractivity contribution in [2.75, 3.05) is 7.11 Å². The maximum atomic E-state index is 12.5. The molecule has 222 valence electrons. The molecule has 0 aromatic heterocycles. The number of carboxylic acids is 1. The molecule has 1 aromatic rings. The molecule has 13 heteroatoms. The number of aromatic carboxylic acids is 1. The second-order valence-electron chi connectivity index (χ2n) is 11.1. The second kappa shape index (κ2) is 14.9. The van der Waals surface area contributed by atoms with E-state index in [4.69, 9.17) is 18.8 Å². The van der Waals surface area contributed by atoms with Gasteiger partial charge in [0, 0.05) is 11.1 Å². The van der Waals surface area contributed by atoms with Gasteiger partial charge in [0.05, 0.1) is 12.7 Å². The van der Waals surface area contributed by atoms with E-state index in [1.807, 2.05) is 47.7 Å². The molecular formula is C26H44N2O10Si. The van der Waals surface area contributed by atoms with Gasteiger partial charge in [0.2, 0.25) is 0 Å². The van der Waals surface area contributed by atoms with Gasteiger partial charge < -0.3 is 23.9 Å². The van der Waals surface area contributed by atoms with Crippen LogP contribution in [0.2, 0.25) is 18.1 Å². The van der Waals surface area contributed by atoms with Crippen LogP contribution in [0.5, 0.6) is 11.5 Å². The van der Waals surface area contributed by atoms with Crippen molar-refractivity contribution in [1.29, 1.82) is 0 Å². The third-order valence-electron chi connectivity index (χ3n) is 7.15. The lowest BCUT2D eigenvalue weighted by molar-refractivity contribution is -0.773. The first-order valence-corrected chi connectivity index (χ1v) is 16.3. The number of methoxy groups -OCH3 is 1. The average Bonchev–Trinajstić information content (AvgIpc) is 2.81. The number of hydrogen-bond acceptors (Lipinski definition) is 9. The van der Waals surface area contributed by atoms with Crippen molar-refractivity contribution in [2.45, 2.75) is 116 Å². The summed E-state index contributed by atoms with van der Waals surface area (Å²) >= 11 is 0. The molecular weight excluding hydrogens is 528 g/mol. The Morgan fingerprint density at radius 1 is 0.949 bits per heavy atom. The topological polar surface area (TPSA) is 161 Å². The molecule has 39 heavy (non-hydrogen) atoms. The number of rotatable bonds is 18. The van der Waals surface area contributed by atoms with Crippen LogP contribution in [-0.4, -0.2) is 36.7 Å². The van der Waals surface area contributed by atoms with Crippen LogP contribution >= 0.6 is 0 Å². The summed E-state index contributed by atoms with van der Waals surface area (Å²) in [4.78, 5) is 46.0. The van der Waals surface area contributed by atoms with Crippen molar-refractivity contribution in [1.82, 2.24) is 0 Å². The SMILES string of the molecule is CCCCCC(O[N+](=O)[O-])c1c(C(=O)O)cc(OC)c(O[Si](C)(C)C(C)(C)C)c1C(CCCCC)O[N+](=O)[O-]. The Morgan fingerprint density at radius 2 is 1.41 bits per heavy atom. The summed E-state index contributed by atoms with van der Waals surface area (Å²) in [6, 6.07) is 1.25. The van der Waals surface area contributed by atoms with Gasteiger partial charge in [-0.15, -0.1) is 20.2 Å².